The first-order valence-corrected chi connectivity index (χ1v) is 30.5. The van der Waals surface area contributed by atoms with Crippen LogP contribution < -0.4 is 0 Å². The average Bonchev–Trinajstić information content (AvgIpc) is 3.38. The summed E-state index contributed by atoms with van der Waals surface area (Å²) in [5, 5.41) is 0.00445. The Hall–Kier alpha value is -0.252. The molecule has 0 amide bonds. The van der Waals surface area contributed by atoms with Gasteiger partial charge in [-0.1, -0.05) is 82.2 Å². The highest BCUT2D eigenvalue weighted by Gasteiger charge is 2.84. The lowest BCUT2D eigenvalue weighted by molar-refractivity contribution is -0.128. The van der Waals surface area contributed by atoms with Gasteiger partial charge in [-0.2, -0.15) is 0 Å². The van der Waals surface area contributed by atoms with Crippen molar-refractivity contribution in [2.24, 2.45) is 28.6 Å². The molecule has 1 aromatic rings. The zero-order valence-corrected chi connectivity index (χ0v) is 30.9. The maximum atomic E-state index is 8.22. The van der Waals surface area contributed by atoms with Crippen LogP contribution in [0.2, 0.25) is 58.9 Å². The Morgan fingerprint density at radius 2 is 1.26 bits per heavy atom. The molecule has 0 radical (unpaired) electrons. The number of hydrogen-bond donors (Lipinski definition) is 0. The Morgan fingerprint density at radius 3 is 1.67 bits per heavy atom. The molecule has 5 fully saturated rings. The number of benzene rings is 1. The highest BCUT2D eigenvalue weighted by molar-refractivity contribution is 7.72. The van der Waals surface area contributed by atoms with Gasteiger partial charge < -0.3 is 9.16 Å². The summed E-state index contributed by atoms with van der Waals surface area (Å²) >= 11 is 0. The van der Waals surface area contributed by atoms with E-state index in [0.717, 1.165) is 17.8 Å². The maximum absolute atomic E-state index is 8.22. The zero-order valence-electron chi connectivity index (χ0n) is 26.9. The third-order valence-corrected chi connectivity index (χ3v) is 51.6. The number of rotatable bonds is 8. The smallest absolute Gasteiger partial charge is 0.184 e. The third kappa shape index (κ3) is 3.73. The van der Waals surface area contributed by atoms with Crippen LogP contribution in [0.3, 0.4) is 0 Å². The van der Waals surface area contributed by atoms with Crippen LogP contribution >= 0.6 is 0 Å². The topological polar surface area (TPSA) is 18.5 Å². The van der Waals surface area contributed by atoms with E-state index in [9.17, 15) is 0 Å². The second-order valence-electron chi connectivity index (χ2n) is 17.8. The quantitative estimate of drug-likeness (QED) is 0.279. The summed E-state index contributed by atoms with van der Waals surface area (Å²) in [6, 6.07) is 11.3. The molecule has 5 aliphatic carbocycles. The standard InChI is InChI=1S/C33H56O2Si4/c1-31(29(30(31)34-2)27-15-13-12-14-16-27)28-23-39(37(6,7)8,38(9,10)11)33(28,35-36(3,4)5)32-20-24-17-25(21-32)19-26(18-24)22-32/h12-16,23-26,29-30H,17-22H2,1-11H3/t24?,25?,26?,29-,30+,31+,32?,33?/m1/s1. The molecule has 1 aromatic carbocycles. The van der Waals surface area contributed by atoms with Crippen molar-refractivity contribution >= 4 is 30.6 Å². The molecular weight excluding hydrogens is 541 g/mol. The minimum Gasteiger partial charge on any atom is -0.411 e. The predicted octanol–water partition coefficient (Wildman–Crippen LogP) is 8.91. The van der Waals surface area contributed by atoms with E-state index in [1.165, 1.54) is 44.1 Å². The van der Waals surface area contributed by atoms with Crippen LogP contribution in [0.15, 0.2) is 41.6 Å². The molecular formula is C33H56O2Si4. The Bertz CT molecular complexity index is 1110. The van der Waals surface area contributed by atoms with E-state index in [4.69, 9.17) is 9.16 Å². The average molecular weight is 597 g/mol. The summed E-state index contributed by atoms with van der Waals surface area (Å²) in [5.74, 6) is 3.24. The van der Waals surface area contributed by atoms with Crippen LogP contribution in [0.25, 0.3) is 0 Å². The van der Waals surface area contributed by atoms with Gasteiger partial charge in [-0.15, -0.1) is 0 Å². The largest absolute Gasteiger partial charge is 0.411 e. The molecule has 1 unspecified atom stereocenters. The SMILES string of the molecule is CO[C@H]1[C@@H](c2ccccc2)[C@]1(C)C1=C[Si]([Si](C)(C)C)([Si](C)(C)C)C1(O[Si](C)(C)C)C12CC3CC(CC(C3)C1)C2. The van der Waals surface area contributed by atoms with Gasteiger partial charge in [0.05, 0.1) is 11.3 Å². The van der Waals surface area contributed by atoms with Gasteiger partial charge in [0, 0.05) is 33.6 Å². The molecule has 4 bridgehead atoms. The summed E-state index contributed by atoms with van der Waals surface area (Å²) in [5.41, 5.74) is 6.65. The summed E-state index contributed by atoms with van der Waals surface area (Å²) in [4.78, 5) is 0. The first-order valence-electron chi connectivity index (χ1n) is 16.0. The van der Waals surface area contributed by atoms with Gasteiger partial charge in [0.1, 0.15) is 7.11 Å². The van der Waals surface area contributed by atoms with E-state index in [2.05, 4.69) is 102 Å². The Morgan fingerprint density at radius 1 is 0.769 bits per heavy atom. The maximum Gasteiger partial charge on any atom is 0.184 e. The van der Waals surface area contributed by atoms with Gasteiger partial charge in [0.25, 0.3) is 0 Å². The van der Waals surface area contributed by atoms with Crippen LogP contribution in [-0.2, 0) is 9.16 Å². The van der Waals surface area contributed by atoms with E-state index in [1.807, 2.05) is 7.11 Å². The van der Waals surface area contributed by atoms with Crippen molar-refractivity contribution in [2.45, 2.75) is 122 Å². The lowest BCUT2D eigenvalue weighted by atomic mass is 9.47. The van der Waals surface area contributed by atoms with Crippen LogP contribution in [0, 0.1) is 28.6 Å². The van der Waals surface area contributed by atoms with Crippen molar-refractivity contribution in [3.63, 3.8) is 0 Å². The Labute approximate surface area is 243 Å². The highest BCUT2D eigenvalue weighted by Crippen LogP contribution is 2.78. The predicted molar refractivity (Wildman–Crippen MR) is 176 cm³/mol. The van der Waals surface area contributed by atoms with Gasteiger partial charge in [0.2, 0.25) is 0 Å². The first-order chi connectivity index (χ1) is 18.0. The summed E-state index contributed by atoms with van der Waals surface area (Å²) in [6.07, 6.45) is 9.07. The fourth-order valence-corrected chi connectivity index (χ4v) is 63.0. The van der Waals surface area contributed by atoms with Crippen LogP contribution in [0.5, 0.6) is 0 Å². The molecule has 1 aliphatic heterocycles. The van der Waals surface area contributed by atoms with E-state index in [0.29, 0.717) is 11.3 Å². The van der Waals surface area contributed by atoms with E-state index < -0.39 is 30.6 Å². The van der Waals surface area contributed by atoms with Crippen molar-refractivity contribution in [1.82, 2.24) is 0 Å². The molecule has 5 saturated carbocycles. The lowest BCUT2D eigenvalue weighted by Gasteiger charge is -2.77. The summed E-state index contributed by atoms with van der Waals surface area (Å²) in [7, 11) is -5.06. The van der Waals surface area contributed by atoms with Crippen LogP contribution in [0.1, 0.15) is 56.9 Å². The minimum atomic E-state index is -1.95. The van der Waals surface area contributed by atoms with Crippen LogP contribution in [0.4, 0.5) is 0 Å². The van der Waals surface area contributed by atoms with Crippen molar-refractivity contribution in [2.75, 3.05) is 7.11 Å². The molecule has 6 aliphatic rings. The van der Waals surface area contributed by atoms with Crippen molar-refractivity contribution < 1.29 is 9.16 Å². The van der Waals surface area contributed by atoms with E-state index in [1.54, 1.807) is 5.57 Å². The van der Waals surface area contributed by atoms with Gasteiger partial charge in [-0.3, -0.25) is 0 Å². The second kappa shape index (κ2) is 8.65. The normalized spacial score (nSPS) is 42.7. The van der Waals surface area contributed by atoms with Gasteiger partial charge in [-0.05, 0) is 92.5 Å². The Kier molecular flexibility index (Phi) is 6.40. The molecule has 0 aromatic heterocycles. The molecule has 4 atom stereocenters. The van der Waals surface area contributed by atoms with E-state index >= 15 is 0 Å². The monoisotopic (exact) mass is 596 g/mol. The lowest BCUT2D eigenvalue weighted by Crippen LogP contribution is -2.92. The summed E-state index contributed by atoms with van der Waals surface area (Å²) in [6.45, 7) is 26.6. The minimum absolute atomic E-state index is 0.00445. The third-order valence-electron chi connectivity index (χ3n) is 12.3. The number of hydrogen-bond acceptors (Lipinski definition) is 2. The fourth-order valence-electron chi connectivity index (χ4n) is 12.0. The molecule has 39 heavy (non-hydrogen) atoms. The molecule has 7 rings (SSSR count). The Balaban J connectivity index is 1.64. The molecule has 1 heterocycles. The second-order valence-corrected chi connectivity index (χ2v) is 49.1. The highest BCUT2D eigenvalue weighted by atomic mass is 29.6. The van der Waals surface area contributed by atoms with E-state index in [-0.39, 0.29) is 16.7 Å². The van der Waals surface area contributed by atoms with Crippen molar-refractivity contribution in [3.8, 4) is 0 Å². The number of methoxy groups -OCH3 is 1. The fraction of sp³-hybridized carbons (Fsp3) is 0.758. The molecule has 2 nitrogen and oxygen atoms in total. The van der Waals surface area contributed by atoms with Gasteiger partial charge >= 0.3 is 0 Å². The van der Waals surface area contributed by atoms with Gasteiger partial charge in [-0.25, -0.2) is 0 Å². The molecule has 0 saturated heterocycles. The zero-order chi connectivity index (χ0) is 28.4. The number of ether oxygens (including phenoxy) is 1. The van der Waals surface area contributed by atoms with Crippen LogP contribution in [-0.4, -0.2) is 49.0 Å². The first kappa shape index (κ1) is 28.8. The molecule has 6 heteroatoms. The van der Waals surface area contributed by atoms with Crippen molar-refractivity contribution in [1.29, 1.82) is 0 Å². The molecule has 216 valence electrons. The van der Waals surface area contributed by atoms with Crippen molar-refractivity contribution in [3.05, 3.63) is 47.2 Å². The molecule has 0 N–H and O–H groups in total. The summed E-state index contributed by atoms with van der Waals surface area (Å²) < 4.78 is 14.7. The van der Waals surface area contributed by atoms with Gasteiger partial charge in [0.15, 0.2) is 8.32 Å². The molecule has 0 spiro atoms.